The van der Waals surface area contributed by atoms with Crippen molar-refractivity contribution < 1.29 is 14.3 Å². The van der Waals surface area contributed by atoms with Gasteiger partial charge >= 0.3 is 0 Å². The number of amides is 1. The number of benzene rings is 1. The largest absolute Gasteiger partial charge is 0.497 e. The van der Waals surface area contributed by atoms with E-state index in [1.54, 1.807) is 7.11 Å². The van der Waals surface area contributed by atoms with Crippen molar-refractivity contribution in [2.45, 2.75) is 25.5 Å². The molecular weight excluding hydrogens is 378 g/mol. The van der Waals surface area contributed by atoms with Crippen LogP contribution in [0.15, 0.2) is 41.5 Å². The molecule has 1 aromatic carbocycles. The predicted molar refractivity (Wildman–Crippen MR) is 108 cm³/mol. The van der Waals surface area contributed by atoms with E-state index in [4.69, 9.17) is 9.47 Å². The summed E-state index contributed by atoms with van der Waals surface area (Å²) in [7, 11) is 1.62. The number of carbonyl (C=O) groups excluding carboxylic acids is 1. The molecule has 0 radical (unpaired) electrons. The fourth-order valence-corrected chi connectivity index (χ4v) is 4.26. The number of carbonyl (C=O) groups is 1. The molecule has 0 aliphatic carbocycles. The van der Waals surface area contributed by atoms with Gasteiger partial charge in [-0.15, -0.1) is 11.3 Å². The Morgan fingerprint density at radius 3 is 2.93 bits per heavy atom. The number of hydrogen-bond donors (Lipinski definition) is 1. The zero-order chi connectivity index (χ0) is 19.5. The van der Waals surface area contributed by atoms with Crippen LogP contribution in [0, 0.1) is 0 Å². The highest BCUT2D eigenvalue weighted by atomic mass is 32.1. The molecule has 8 heteroatoms. The number of fused-ring (bicyclic) bond motifs is 1. The third-order valence-corrected chi connectivity index (χ3v) is 5.90. The molecular formula is C20H21N3O4S. The highest BCUT2D eigenvalue weighted by molar-refractivity contribution is 7.22. The van der Waals surface area contributed by atoms with E-state index in [9.17, 15) is 9.59 Å². The van der Waals surface area contributed by atoms with Gasteiger partial charge in [0.05, 0.1) is 25.1 Å². The minimum atomic E-state index is -0.217. The minimum absolute atomic E-state index is 0.0513. The Balaban J connectivity index is 1.51. The molecule has 1 saturated heterocycles. The van der Waals surface area contributed by atoms with E-state index in [0.717, 1.165) is 35.6 Å². The summed E-state index contributed by atoms with van der Waals surface area (Å²) in [6.45, 7) is 1.17. The van der Waals surface area contributed by atoms with E-state index >= 15 is 0 Å². The lowest BCUT2D eigenvalue weighted by Crippen LogP contribution is -2.36. The highest BCUT2D eigenvalue weighted by Gasteiger charge is 2.17. The zero-order valence-electron chi connectivity index (χ0n) is 15.5. The molecule has 1 aliphatic rings. The van der Waals surface area contributed by atoms with E-state index in [1.165, 1.54) is 22.2 Å². The van der Waals surface area contributed by atoms with Gasteiger partial charge in [0.15, 0.2) is 0 Å². The van der Waals surface area contributed by atoms with Crippen LogP contribution in [0.25, 0.3) is 20.7 Å². The molecule has 0 bridgehead atoms. The molecule has 3 aromatic rings. The first-order valence-corrected chi connectivity index (χ1v) is 9.97. The SMILES string of the molecule is COc1ccc(-c2cc3ncn(CC(=O)NCC4CCCO4)c(=O)c3s2)cc1. The monoisotopic (exact) mass is 399 g/mol. The van der Waals surface area contributed by atoms with Gasteiger partial charge in [0.2, 0.25) is 5.91 Å². The predicted octanol–water partition coefficient (Wildman–Crippen LogP) is 2.43. The van der Waals surface area contributed by atoms with Crippen LogP contribution in [0.5, 0.6) is 5.75 Å². The van der Waals surface area contributed by atoms with Crippen LogP contribution >= 0.6 is 11.3 Å². The van der Waals surface area contributed by atoms with Gasteiger partial charge in [-0.2, -0.15) is 0 Å². The van der Waals surface area contributed by atoms with Crippen molar-refractivity contribution in [2.75, 3.05) is 20.3 Å². The van der Waals surface area contributed by atoms with Crippen LogP contribution in [-0.2, 0) is 16.1 Å². The molecule has 1 fully saturated rings. The van der Waals surface area contributed by atoms with Gasteiger partial charge in [-0.05, 0) is 48.7 Å². The van der Waals surface area contributed by atoms with Crippen molar-refractivity contribution in [3.63, 3.8) is 0 Å². The summed E-state index contributed by atoms with van der Waals surface area (Å²) in [6, 6.07) is 9.54. The molecule has 1 unspecified atom stereocenters. The molecule has 0 saturated carbocycles. The van der Waals surface area contributed by atoms with Gasteiger partial charge in [-0.3, -0.25) is 14.2 Å². The molecule has 1 atom stereocenters. The molecule has 4 rings (SSSR count). The van der Waals surface area contributed by atoms with Crippen molar-refractivity contribution in [3.8, 4) is 16.2 Å². The number of methoxy groups -OCH3 is 1. The standard InChI is InChI=1S/C20H21N3O4S/c1-26-14-6-4-13(5-7-14)17-9-16-19(28-17)20(25)23(12-22-16)11-18(24)21-10-15-3-2-8-27-15/h4-7,9,12,15H,2-3,8,10-11H2,1H3,(H,21,24). The maximum Gasteiger partial charge on any atom is 0.271 e. The molecule has 146 valence electrons. The summed E-state index contributed by atoms with van der Waals surface area (Å²) < 4.78 is 12.6. The molecule has 28 heavy (non-hydrogen) atoms. The van der Waals surface area contributed by atoms with Gasteiger partial charge in [0.25, 0.3) is 5.56 Å². The van der Waals surface area contributed by atoms with Gasteiger partial charge in [0, 0.05) is 18.0 Å². The third kappa shape index (κ3) is 3.93. The summed E-state index contributed by atoms with van der Waals surface area (Å²) in [6.07, 6.45) is 3.48. The number of nitrogens with one attached hydrogen (secondary N) is 1. The third-order valence-electron chi connectivity index (χ3n) is 4.74. The topological polar surface area (TPSA) is 82.5 Å². The van der Waals surface area contributed by atoms with Crippen LogP contribution in [-0.4, -0.2) is 41.8 Å². The van der Waals surface area contributed by atoms with E-state index in [-0.39, 0.29) is 24.1 Å². The van der Waals surface area contributed by atoms with Gasteiger partial charge in [-0.25, -0.2) is 4.98 Å². The molecule has 1 aliphatic heterocycles. The van der Waals surface area contributed by atoms with Crippen molar-refractivity contribution in [1.82, 2.24) is 14.9 Å². The van der Waals surface area contributed by atoms with Crippen LogP contribution < -0.4 is 15.6 Å². The second kappa shape index (κ2) is 8.12. The van der Waals surface area contributed by atoms with E-state index in [0.29, 0.717) is 16.8 Å². The minimum Gasteiger partial charge on any atom is -0.497 e. The number of aromatic nitrogens is 2. The Hall–Kier alpha value is -2.71. The van der Waals surface area contributed by atoms with Gasteiger partial charge in [0.1, 0.15) is 17.0 Å². The zero-order valence-corrected chi connectivity index (χ0v) is 16.3. The molecule has 7 nitrogen and oxygen atoms in total. The average Bonchev–Trinajstić information content (AvgIpc) is 3.39. The Kier molecular flexibility index (Phi) is 5.40. The molecule has 3 heterocycles. The number of hydrogen-bond acceptors (Lipinski definition) is 6. The maximum absolute atomic E-state index is 12.8. The first kappa shape index (κ1) is 18.6. The normalized spacial score (nSPS) is 16.4. The van der Waals surface area contributed by atoms with Crippen molar-refractivity contribution in [3.05, 3.63) is 47.0 Å². The summed E-state index contributed by atoms with van der Waals surface area (Å²) in [5.74, 6) is 0.560. The number of ether oxygens (including phenoxy) is 2. The summed E-state index contributed by atoms with van der Waals surface area (Å²) >= 11 is 1.38. The molecule has 1 amide bonds. The average molecular weight is 399 g/mol. The summed E-state index contributed by atoms with van der Waals surface area (Å²) in [4.78, 5) is 30.3. The highest BCUT2D eigenvalue weighted by Crippen LogP contribution is 2.31. The van der Waals surface area contributed by atoms with Crippen molar-refractivity contribution >= 4 is 27.5 Å². The number of rotatable bonds is 6. The summed E-state index contributed by atoms with van der Waals surface area (Å²) in [5, 5.41) is 2.83. The van der Waals surface area contributed by atoms with Crippen LogP contribution in [0.4, 0.5) is 0 Å². The van der Waals surface area contributed by atoms with Crippen LogP contribution in [0.2, 0.25) is 0 Å². The van der Waals surface area contributed by atoms with E-state index in [1.807, 2.05) is 30.3 Å². The first-order chi connectivity index (χ1) is 13.6. The van der Waals surface area contributed by atoms with Crippen LogP contribution in [0.3, 0.4) is 0 Å². The summed E-state index contributed by atoms with van der Waals surface area (Å²) in [5.41, 5.74) is 1.42. The maximum atomic E-state index is 12.8. The number of thiophene rings is 1. The smallest absolute Gasteiger partial charge is 0.271 e. The Morgan fingerprint density at radius 2 is 2.21 bits per heavy atom. The Labute approximate surface area is 165 Å². The lowest BCUT2D eigenvalue weighted by atomic mass is 10.2. The Bertz CT molecular complexity index is 1040. The molecule has 1 N–H and O–H groups in total. The van der Waals surface area contributed by atoms with E-state index in [2.05, 4.69) is 10.3 Å². The lowest BCUT2D eigenvalue weighted by molar-refractivity contribution is -0.122. The molecule has 2 aromatic heterocycles. The first-order valence-electron chi connectivity index (χ1n) is 9.16. The second-order valence-corrected chi connectivity index (χ2v) is 7.72. The van der Waals surface area contributed by atoms with Crippen molar-refractivity contribution in [1.29, 1.82) is 0 Å². The number of nitrogens with zero attached hydrogens (tertiary/aromatic N) is 2. The second-order valence-electron chi connectivity index (χ2n) is 6.67. The van der Waals surface area contributed by atoms with E-state index < -0.39 is 0 Å². The quantitative estimate of drug-likeness (QED) is 0.688. The fourth-order valence-electron chi connectivity index (χ4n) is 3.20. The lowest BCUT2D eigenvalue weighted by Gasteiger charge is -2.11. The van der Waals surface area contributed by atoms with Gasteiger partial charge < -0.3 is 14.8 Å². The van der Waals surface area contributed by atoms with Gasteiger partial charge in [-0.1, -0.05) is 0 Å². The fraction of sp³-hybridized carbons (Fsp3) is 0.350. The Morgan fingerprint density at radius 1 is 1.39 bits per heavy atom. The van der Waals surface area contributed by atoms with Crippen LogP contribution in [0.1, 0.15) is 12.8 Å². The molecule has 0 spiro atoms. The van der Waals surface area contributed by atoms with Crippen molar-refractivity contribution in [2.24, 2.45) is 0 Å².